The number of amides is 1. The number of ether oxygens (including phenoxy) is 1. The van der Waals surface area contributed by atoms with E-state index in [1.54, 1.807) is 36.4 Å². The monoisotopic (exact) mass is 489 g/mol. The molecule has 35 heavy (non-hydrogen) atoms. The highest BCUT2D eigenvalue weighted by Gasteiger charge is 2.47. The Balaban J connectivity index is 1.94. The fourth-order valence-electron chi connectivity index (χ4n) is 4.38. The van der Waals surface area contributed by atoms with Gasteiger partial charge in [-0.25, -0.2) is 0 Å². The number of hydrogen-bond donors (Lipinski definition) is 1. The molecule has 0 aromatic heterocycles. The first-order valence-electron chi connectivity index (χ1n) is 11.5. The van der Waals surface area contributed by atoms with E-state index in [1.807, 2.05) is 43.3 Å². The van der Waals surface area contributed by atoms with Gasteiger partial charge in [-0.3, -0.25) is 14.5 Å². The molecule has 1 aliphatic heterocycles. The van der Waals surface area contributed by atoms with Crippen LogP contribution in [0.4, 0.5) is 5.69 Å². The van der Waals surface area contributed by atoms with Crippen LogP contribution in [0.1, 0.15) is 50.4 Å². The number of nitrogens with zero attached hydrogens (tertiary/aromatic N) is 1. The third-order valence-electron chi connectivity index (χ3n) is 6.01. The third kappa shape index (κ3) is 4.69. The van der Waals surface area contributed by atoms with E-state index in [4.69, 9.17) is 16.3 Å². The zero-order valence-electron chi connectivity index (χ0n) is 20.2. The summed E-state index contributed by atoms with van der Waals surface area (Å²) in [6.07, 6.45) is 0. The Hall–Kier alpha value is -3.57. The van der Waals surface area contributed by atoms with Crippen molar-refractivity contribution in [3.63, 3.8) is 0 Å². The van der Waals surface area contributed by atoms with E-state index in [2.05, 4.69) is 20.8 Å². The first-order chi connectivity index (χ1) is 16.6. The molecule has 0 aliphatic carbocycles. The first kappa shape index (κ1) is 24.6. The molecule has 0 spiro atoms. The minimum absolute atomic E-state index is 0.0326. The average molecular weight is 490 g/mol. The normalized spacial score (nSPS) is 17.6. The van der Waals surface area contributed by atoms with Crippen LogP contribution >= 0.6 is 11.6 Å². The predicted molar refractivity (Wildman–Crippen MR) is 139 cm³/mol. The molecule has 3 aromatic rings. The van der Waals surface area contributed by atoms with E-state index in [0.29, 0.717) is 28.4 Å². The van der Waals surface area contributed by atoms with Crippen molar-refractivity contribution in [1.82, 2.24) is 0 Å². The van der Waals surface area contributed by atoms with E-state index >= 15 is 0 Å². The van der Waals surface area contributed by atoms with Crippen molar-refractivity contribution < 1.29 is 19.4 Å². The quantitative estimate of drug-likeness (QED) is 0.247. The molecule has 1 heterocycles. The number of benzene rings is 3. The smallest absolute Gasteiger partial charge is 0.300 e. The summed E-state index contributed by atoms with van der Waals surface area (Å²) < 4.78 is 5.80. The summed E-state index contributed by atoms with van der Waals surface area (Å²) in [5.74, 6) is -0.974. The van der Waals surface area contributed by atoms with Gasteiger partial charge in [-0.05, 0) is 54.3 Å². The lowest BCUT2D eigenvalue weighted by molar-refractivity contribution is -0.132. The van der Waals surface area contributed by atoms with Gasteiger partial charge < -0.3 is 9.84 Å². The molecular formula is C29H28ClNO4. The van der Waals surface area contributed by atoms with Crippen LogP contribution in [0.2, 0.25) is 5.02 Å². The number of aliphatic hydroxyl groups excluding tert-OH is 1. The van der Waals surface area contributed by atoms with Gasteiger partial charge in [0.05, 0.1) is 18.2 Å². The third-order valence-corrected chi connectivity index (χ3v) is 6.24. The summed E-state index contributed by atoms with van der Waals surface area (Å²) in [5.41, 5.74) is 2.29. The van der Waals surface area contributed by atoms with Gasteiger partial charge in [-0.2, -0.15) is 0 Å². The zero-order valence-corrected chi connectivity index (χ0v) is 21.0. The lowest BCUT2D eigenvalue weighted by Crippen LogP contribution is -2.29. The van der Waals surface area contributed by atoms with Crippen LogP contribution in [0.25, 0.3) is 5.76 Å². The maximum absolute atomic E-state index is 13.4. The molecule has 0 saturated carbocycles. The molecule has 180 valence electrons. The van der Waals surface area contributed by atoms with Crippen molar-refractivity contribution in [2.75, 3.05) is 11.5 Å². The van der Waals surface area contributed by atoms with E-state index in [-0.39, 0.29) is 16.7 Å². The molecule has 1 N–H and O–H groups in total. The summed E-state index contributed by atoms with van der Waals surface area (Å²) in [5, 5.41) is 11.9. The molecule has 1 fully saturated rings. The maximum atomic E-state index is 13.4. The molecule has 1 aliphatic rings. The van der Waals surface area contributed by atoms with Crippen molar-refractivity contribution in [3.05, 3.63) is 100 Å². The Kier molecular flexibility index (Phi) is 6.73. The van der Waals surface area contributed by atoms with E-state index in [0.717, 1.165) is 11.3 Å². The van der Waals surface area contributed by atoms with Crippen LogP contribution in [0, 0.1) is 0 Å². The van der Waals surface area contributed by atoms with Crippen LogP contribution in [-0.4, -0.2) is 23.4 Å². The van der Waals surface area contributed by atoms with Crippen molar-refractivity contribution in [1.29, 1.82) is 0 Å². The lowest BCUT2D eigenvalue weighted by atomic mass is 9.84. The number of carbonyl (C=O) groups excluding carboxylic acids is 2. The van der Waals surface area contributed by atoms with Gasteiger partial charge in [0.1, 0.15) is 11.5 Å². The second kappa shape index (κ2) is 9.59. The Labute approximate surface area is 210 Å². The largest absolute Gasteiger partial charge is 0.507 e. The molecule has 1 atom stereocenters. The Morgan fingerprint density at radius 1 is 1.00 bits per heavy atom. The van der Waals surface area contributed by atoms with Crippen LogP contribution < -0.4 is 9.64 Å². The van der Waals surface area contributed by atoms with Crippen LogP contribution in [0.15, 0.2) is 78.4 Å². The number of halogens is 1. The van der Waals surface area contributed by atoms with Crippen molar-refractivity contribution in [3.8, 4) is 5.75 Å². The van der Waals surface area contributed by atoms with Gasteiger partial charge in [-0.1, -0.05) is 68.8 Å². The summed E-state index contributed by atoms with van der Waals surface area (Å²) in [4.78, 5) is 28.0. The predicted octanol–water partition coefficient (Wildman–Crippen LogP) is 6.66. The van der Waals surface area contributed by atoms with E-state index in [1.165, 1.54) is 4.90 Å². The number of aliphatic hydroxyl groups is 1. The number of anilines is 1. The molecule has 6 heteroatoms. The highest BCUT2D eigenvalue weighted by Crippen LogP contribution is 2.43. The number of ketones is 1. The van der Waals surface area contributed by atoms with Gasteiger partial charge in [0.15, 0.2) is 0 Å². The first-order valence-corrected chi connectivity index (χ1v) is 11.9. The number of Topliss-reactive ketones (excluding diaryl/α,β-unsaturated/α-hetero) is 1. The van der Waals surface area contributed by atoms with Crippen molar-refractivity contribution in [2.45, 2.75) is 39.2 Å². The van der Waals surface area contributed by atoms with Crippen molar-refractivity contribution in [2.24, 2.45) is 0 Å². The molecular weight excluding hydrogens is 462 g/mol. The SMILES string of the molecule is CCOc1ccc(/C(O)=C2/C(=O)C(=O)N(c3cccc(Cl)c3)C2c2ccccc2)cc1C(C)(C)C. The second-order valence-corrected chi connectivity index (χ2v) is 9.89. The fraction of sp³-hybridized carbons (Fsp3) is 0.241. The zero-order chi connectivity index (χ0) is 25.3. The summed E-state index contributed by atoms with van der Waals surface area (Å²) in [6.45, 7) is 8.58. The minimum atomic E-state index is -0.806. The summed E-state index contributed by atoms with van der Waals surface area (Å²) >= 11 is 6.20. The Morgan fingerprint density at radius 2 is 1.71 bits per heavy atom. The van der Waals surface area contributed by atoms with Gasteiger partial charge in [0, 0.05) is 21.8 Å². The number of rotatable bonds is 5. The molecule has 4 rings (SSSR count). The minimum Gasteiger partial charge on any atom is -0.507 e. The van der Waals surface area contributed by atoms with Gasteiger partial charge in [0.25, 0.3) is 11.7 Å². The Bertz CT molecular complexity index is 1310. The molecule has 5 nitrogen and oxygen atoms in total. The molecule has 1 saturated heterocycles. The van der Waals surface area contributed by atoms with Crippen LogP contribution in [0.5, 0.6) is 5.75 Å². The Morgan fingerprint density at radius 3 is 2.34 bits per heavy atom. The van der Waals surface area contributed by atoms with Gasteiger partial charge in [0.2, 0.25) is 0 Å². The number of hydrogen-bond acceptors (Lipinski definition) is 4. The molecule has 3 aromatic carbocycles. The summed E-state index contributed by atoms with van der Waals surface area (Å²) in [7, 11) is 0. The van der Waals surface area contributed by atoms with Gasteiger partial charge in [-0.15, -0.1) is 0 Å². The highest BCUT2D eigenvalue weighted by molar-refractivity contribution is 6.51. The van der Waals surface area contributed by atoms with Gasteiger partial charge >= 0.3 is 0 Å². The molecule has 0 bridgehead atoms. The maximum Gasteiger partial charge on any atom is 0.300 e. The van der Waals surface area contributed by atoms with E-state index < -0.39 is 17.7 Å². The average Bonchev–Trinajstić information content (AvgIpc) is 3.09. The molecule has 1 amide bonds. The highest BCUT2D eigenvalue weighted by atomic mass is 35.5. The molecule has 0 radical (unpaired) electrons. The van der Waals surface area contributed by atoms with Crippen LogP contribution in [0.3, 0.4) is 0 Å². The topological polar surface area (TPSA) is 66.8 Å². The molecule has 1 unspecified atom stereocenters. The second-order valence-electron chi connectivity index (χ2n) is 9.45. The van der Waals surface area contributed by atoms with E-state index in [9.17, 15) is 14.7 Å². The van der Waals surface area contributed by atoms with Crippen LogP contribution in [-0.2, 0) is 15.0 Å². The van der Waals surface area contributed by atoms with Crippen molar-refractivity contribution >= 4 is 34.7 Å². The number of carbonyl (C=O) groups is 2. The fourth-order valence-corrected chi connectivity index (χ4v) is 4.56. The standard InChI is InChI=1S/C29H28ClNO4/c1-5-35-23-15-14-19(16-22(23)29(2,3)4)26(32)24-25(18-10-7-6-8-11-18)31(28(34)27(24)33)21-13-9-12-20(30)17-21/h6-17,25,32H,5H2,1-4H3/b26-24-. The summed E-state index contributed by atoms with van der Waals surface area (Å²) in [6, 6.07) is 20.5. The lowest BCUT2D eigenvalue weighted by Gasteiger charge is -2.26.